The second-order valence-electron chi connectivity index (χ2n) is 6.64. The van der Waals surface area contributed by atoms with Crippen molar-refractivity contribution in [3.63, 3.8) is 0 Å². The summed E-state index contributed by atoms with van der Waals surface area (Å²) >= 11 is 0. The van der Waals surface area contributed by atoms with Crippen molar-refractivity contribution in [2.45, 2.75) is 12.5 Å². The first kappa shape index (κ1) is 18.4. The van der Waals surface area contributed by atoms with E-state index in [4.69, 9.17) is 0 Å². The second-order valence-corrected chi connectivity index (χ2v) is 6.64. The standard InChI is InChI=1S/C21H28N4O/c26-21(23-13-16-25-14-11-22-12-15-25)24-20(19-9-5-2-6-10-19)17-18-7-3-1-4-8-18/h1-10,20,22H,11-17H2,(H2,23,24,26)/t20-/m1/s1. The molecule has 1 heterocycles. The van der Waals surface area contributed by atoms with E-state index >= 15 is 0 Å². The van der Waals surface area contributed by atoms with E-state index in [9.17, 15) is 4.79 Å². The van der Waals surface area contributed by atoms with Crippen molar-refractivity contribution in [2.24, 2.45) is 0 Å². The highest BCUT2D eigenvalue weighted by Crippen LogP contribution is 2.18. The molecule has 1 aliphatic rings. The van der Waals surface area contributed by atoms with Crippen LogP contribution in [0.3, 0.4) is 0 Å². The SMILES string of the molecule is O=C(NCCN1CCNCC1)N[C@H](Cc1ccccc1)c1ccccc1. The predicted octanol–water partition coefficient (Wildman–Crippen LogP) is 2.17. The van der Waals surface area contributed by atoms with Crippen LogP contribution < -0.4 is 16.0 Å². The molecule has 1 saturated heterocycles. The summed E-state index contributed by atoms with van der Waals surface area (Å²) in [6.45, 7) is 5.70. The fourth-order valence-electron chi connectivity index (χ4n) is 3.26. The molecule has 2 aromatic rings. The number of hydrogen-bond donors (Lipinski definition) is 3. The molecular weight excluding hydrogens is 324 g/mol. The molecule has 0 saturated carbocycles. The average Bonchev–Trinajstić information content (AvgIpc) is 2.70. The Bertz CT molecular complexity index is 656. The van der Waals surface area contributed by atoms with Gasteiger partial charge in [-0.25, -0.2) is 4.79 Å². The zero-order valence-electron chi connectivity index (χ0n) is 15.2. The van der Waals surface area contributed by atoms with E-state index < -0.39 is 0 Å². The molecule has 1 atom stereocenters. The first-order valence-corrected chi connectivity index (χ1v) is 9.37. The third kappa shape index (κ3) is 5.86. The van der Waals surface area contributed by atoms with Gasteiger partial charge < -0.3 is 16.0 Å². The Labute approximate surface area is 155 Å². The Morgan fingerprint density at radius 2 is 1.65 bits per heavy atom. The molecular formula is C21H28N4O. The van der Waals surface area contributed by atoms with Crippen molar-refractivity contribution in [1.82, 2.24) is 20.9 Å². The molecule has 2 aromatic carbocycles. The highest BCUT2D eigenvalue weighted by molar-refractivity contribution is 5.74. The lowest BCUT2D eigenvalue weighted by atomic mass is 9.99. The summed E-state index contributed by atoms with van der Waals surface area (Å²) in [5, 5.41) is 9.48. The lowest BCUT2D eigenvalue weighted by Crippen LogP contribution is -2.47. The van der Waals surface area contributed by atoms with Gasteiger partial charge in [-0.2, -0.15) is 0 Å². The number of carbonyl (C=O) groups excluding carboxylic acids is 1. The molecule has 0 aliphatic carbocycles. The van der Waals surface area contributed by atoms with E-state index in [1.807, 2.05) is 36.4 Å². The van der Waals surface area contributed by atoms with Crippen LogP contribution in [0.4, 0.5) is 4.79 Å². The Balaban J connectivity index is 1.53. The van der Waals surface area contributed by atoms with Gasteiger partial charge in [-0.15, -0.1) is 0 Å². The van der Waals surface area contributed by atoms with E-state index in [2.05, 4.69) is 45.1 Å². The Morgan fingerprint density at radius 1 is 1.00 bits per heavy atom. The molecule has 3 rings (SSSR count). The third-order valence-electron chi connectivity index (χ3n) is 4.71. The van der Waals surface area contributed by atoms with E-state index in [0.717, 1.165) is 44.7 Å². The third-order valence-corrected chi connectivity index (χ3v) is 4.71. The Kier molecular flexibility index (Phi) is 7.05. The van der Waals surface area contributed by atoms with Crippen LogP contribution in [0, 0.1) is 0 Å². The summed E-state index contributed by atoms with van der Waals surface area (Å²) in [6.07, 6.45) is 0.774. The summed E-state index contributed by atoms with van der Waals surface area (Å²) < 4.78 is 0. The number of hydrogen-bond acceptors (Lipinski definition) is 3. The van der Waals surface area contributed by atoms with Gasteiger partial charge in [0.1, 0.15) is 0 Å². The monoisotopic (exact) mass is 352 g/mol. The van der Waals surface area contributed by atoms with Crippen molar-refractivity contribution >= 4 is 6.03 Å². The Morgan fingerprint density at radius 3 is 2.35 bits per heavy atom. The minimum atomic E-state index is -0.107. The number of urea groups is 1. The van der Waals surface area contributed by atoms with Gasteiger partial charge in [-0.3, -0.25) is 4.90 Å². The van der Waals surface area contributed by atoms with Gasteiger partial charge in [0.25, 0.3) is 0 Å². The highest BCUT2D eigenvalue weighted by Gasteiger charge is 2.15. The van der Waals surface area contributed by atoms with Crippen LogP contribution in [0.2, 0.25) is 0 Å². The molecule has 0 bridgehead atoms. The van der Waals surface area contributed by atoms with E-state index in [0.29, 0.717) is 6.54 Å². The van der Waals surface area contributed by atoms with Crippen molar-refractivity contribution in [1.29, 1.82) is 0 Å². The molecule has 26 heavy (non-hydrogen) atoms. The maximum atomic E-state index is 12.4. The molecule has 0 aromatic heterocycles. The van der Waals surface area contributed by atoms with Crippen molar-refractivity contribution in [3.8, 4) is 0 Å². The number of carbonyl (C=O) groups is 1. The van der Waals surface area contributed by atoms with Gasteiger partial charge in [-0.1, -0.05) is 60.7 Å². The molecule has 1 fully saturated rings. The maximum Gasteiger partial charge on any atom is 0.315 e. The van der Waals surface area contributed by atoms with Crippen LogP contribution in [0.5, 0.6) is 0 Å². The number of nitrogens with one attached hydrogen (secondary N) is 3. The van der Waals surface area contributed by atoms with E-state index in [1.54, 1.807) is 0 Å². The lowest BCUT2D eigenvalue weighted by Gasteiger charge is -2.27. The van der Waals surface area contributed by atoms with Crippen LogP contribution in [0.1, 0.15) is 17.2 Å². The molecule has 0 spiro atoms. The van der Waals surface area contributed by atoms with E-state index in [1.165, 1.54) is 5.56 Å². The smallest absolute Gasteiger partial charge is 0.315 e. The molecule has 3 N–H and O–H groups in total. The molecule has 5 heteroatoms. The number of piperazine rings is 1. The molecule has 1 aliphatic heterocycles. The topological polar surface area (TPSA) is 56.4 Å². The fourth-order valence-corrected chi connectivity index (χ4v) is 3.26. The van der Waals surface area contributed by atoms with Crippen molar-refractivity contribution in [3.05, 3.63) is 71.8 Å². The largest absolute Gasteiger partial charge is 0.337 e. The quantitative estimate of drug-likeness (QED) is 0.716. The number of nitrogens with zero attached hydrogens (tertiary/aromatic N) is 1. The van der Waals surface area contributed by atoms with Gasteiger partial charge in [0.15, 0.2) is 0 Å². The summed E-state index contributed by atoms with van der Waals surface area (Å²) in [5.74, 6) is 0. The van der Waals surface area contributed by atoms with Gasteiger partial charge in [0.05, 0.1) is 6.04 Å². The summed E-state index contributed by atoms with van der Waals surface area (Å²) in [4.78, 5) is 14.8. The van der Waals surface area contributed by atoms with Crippen molar-refractivity contribution < 1.29 is 4.79 Å². The van der Waals surface area contributed by atoms with Gasteiger partial charge in [0.2, 0.25) is 0 Å². The number of rotatable bonds is 7. The summed E-state index contributed by atoms with van der Waals surface area (Å²) in [6, 6.07) is 20.3. The fraction of sp³-hybridized carbons (Fsp3) is 0.381. The normalized spacial score (nSPS) is 16.0. The summed E-state index contributed by atoms with van der Waals surface area (Å²) in [5.41, 5.74) is 2.33. The van der Waals surface area contributed by atoms with Gasteiger partial charge in [0, 0.05) is 39.3 Å². The van der Waals surface area contributed by atoms with Crippen molar-refractivity contribution in [2.75, 3.05) is 39.3 Å². The second kappa shape index (κ2) is 9.94. The molecule has 5 nitrogen and oxygen atoms in total. The van der Waals surface area contributed by atoms with Crippen LogP contribution in [0.25, 0.3) is 0 Å². The zero-order chi connectivity index (χ0) is 18.0. The van der Waals surface area contributed by atoms with Gasteiger partial charge >= 0.3 is 6.03 Å². The number of amides is 2. The van der Waals surface area contributed by atoms with Crippen LogP contribution >= 0.6 is 0 Å². The molecule has 0 unspecified atom stereocenters. The predicted molar refractivity (Wildman–Crippen MR) is 105 cm³/mol. The Hall–Kier alpha value is -2.37. The van der Waals surface area contributed by atoms with E-state index in [-0.39, 0.29) is 12.1 Å². The molecule has 138 valence electrons. The lowest BCUT2D eigenvalue weighted by molar-refractivity contribution is 0.224. The van der Waals surface area contributed by atoms with Gasteiger partial charge in [-0.05, 0) is 17.5 Å². The first-order valence-electron chi connectivity index (χ1n) is 9.37. The van der Waals surface area contributed by atoms with Crippen LogP contribution in [0.15, 0.2) is 60.7 Å². The first-order chi connectivity index (χ1) is 12.8. The van der Waals surface area contributed by atoms with Crippen LogP contribution in [-0.2, 0) is 6.42 Å². The highest BCUT2D eigenvalue weighted by atomic mass is 16.2. The maximum absolute atomic E-state index is 12.4. The molecule has 0 radical (unpaired) electrons. The summed E-state index contributed by atoms with van der Waals surface area (Å²) in [7, 11) is 0. The zero-order valence-corrected chi connectivity index (χ0v) is 15.2. The minimum Gasteiger partial charge on any atom is -0.337 e. The molecule has 2 amide bonds. The minimum absolute atomic E-state index is 0.0437. The average molecular weight is 352 g/mol. The number of benzene rings is 2. The van der Waals surface area contributed by atoms with Crippen LogP contribution in [-0.4, -0.2) is 50.2 Å².